The van der Waals surface area contributed by atoms with E-state index in [1.165, 1.54) is 18.2 Å². The summed E-state index contributed by atoms with van der Waals surface area (Å²) in [6.45, 7) is 0.502. The van der Waals surface area contributed by atoms with Crippen LogP contribution in [-0.2, 0) is 22.9 Å². The van der Waals surface area contributed by atoms with Crippen LogP contribution in [-0.4, -0.2) is 33.8 Å². The van der Waals surface area contributed by atoms with Crippen LogP contribution in [0.4, 0.5) is 0 Å². The Bertz CT molecular complexity index is 460. The van der Waals surface area contributed by atoms with Gasteiger partial charge in [0.1, 0.15) is 0 Å². The van der Waals surface area contributed by atoms with Crippen LogP contribution in [0, 0.1) is 0 Å². The molecule has 2 rings (SSSR count). The number of hydrogen-bond donors (Lipinski definition) is 2. The number of sulfonamides is 1. The smallest absolute Gasteiger partial charge is 0.212 e. The predicted octanol–water partition coefficient (Wildman–Crippen LogP) is 0.293. The lowest BCUT2D eigenvalue weighted by molar-refractivity contribution is 0.542. The fourth-order valence-corrected chi connectivity index (χ4v) is 2.79. The van der Waals surface area contributed by atoms with Gasteiger partial charge in [0.2, 0.25) is 10.0 Å². The van der Waals surface area contributed by atoms with Gasteiger partial charge in [0.15, 0.2) is 0 Å². The van der Waals surface area contributed by atoms with E-state index in [-0.39, 0.29) is 5.75 Å². The quantitative estimate of drug-likeness (QED) is 0.794. The van der Waals surface area contributed by atoms with Gasteiger partial charge in [0.05, 0.1) is 5.75 Å². The molecule has 0 atom stereocenters. The molecule has 0 spiro atoms. The molecule has 2 N–H and O–H groups in total. The molecule has 5 heteroatoms. The molecule has 0 bridgehead atoms. The van der Waals surface area contributed by atoms with Gasteiger partial charge in [-0.25, -0.2) is 13.1 Å². The van der Waals surface area contributed by atoms with Crippen LogP contribution in [0.2, 0.25) is 0 Å². The summed E-state index contributed by atoms with van der Waals surface area (Å²) in [4.78, 5) is 0. The topological polar surface area (TPSA) is 58.2 Å². The highest BCUT2D eigenvalue weighted by Gasteiger charge is 2.20. The first kappa shape index (κ1) is 12.5. The highest BCUT2D eigenvalue weighted by molar-refractivity contribution is 7.89. The third kappa shape index (κ3) is 3.28. The van der Waals surface area contributed by atoms with Crippen molar-refractivity contribution in [3.05, 3.63) is 35.4 Å². The number of hydrogen-bond acceptors (Lipinski definition) is 3. The largest absolute Gasteiger partial charge is 0.312 e. The minimum absolute atomic E-state index is 0.135. The molecule has 0 heterocycles. The van der Waals surface area contributed by atoms with E-state index in [0.717, 1.165) is 12.8 Å². The molecule has 1 aromatic carbocycles. The normalized spacial score (nSPS) is 16.1. The fraction of sp³-hybridized carbons (Fsp3) is 0.500. The van der Waals surface area contributed by atoms with Crippen molar-refractivity contribution in [1.29, 1.82) is 0 Å². The maximum atomic E-state index is 11.2. The van der Waals surface area contributed by atoms with Crippen LogP contribution in [0.25, 0.3) is 0 Å². The Morgan fingerprint density at radius 2 is 1.82 bits per heavy atom. The number of benzene rings is 1. The Labute approximate surface area is 102 Å². The Morgan fingerprint density at radius 1 is 1.24 bits per heavy atom. The Kier molecular flexibility index (Phi) is 3.81. The summed E-state index contributed by atoms with van der Waals surface area (Å²) in [5.74, 6) is 0.135. The summed E-state index contributed by atoms with van der Waals surface area (Å²) < 4.78 is 24.8. The van der Waals surface area contributed by atoms with E-state index in [0.29, 0.717) is 12.6 Å². The summed E-state index contributed by atoms with van der Waals surface area (Å²) >= 11 is 0. The second-order valence-electron chi connectivity index (χ2n) is 4.35. The Hall–Kier alpha value is -0.910. The van der Waals surface area contributed by atoms with Gasteiger partial charge in [-0.3, -0.25) is 0 Å². The van der Waals surface area contributed by atoms with Crippen LogP contribution in [0.5, 0.6) is 0 Å². The zero-order chi connectivity index (χ0) is 12.3. The van der Waals surface area contributed by atoms with E-state index in [1.807, 2.05) is 12.1 Å². The van der Waals surface area contributed by atoms with Crippen molar-refractivity contribution in [2.45, 2.75) is 18.9 Å². The molecule has 1 aromatic rings. The first-order valence-corrected chi connectivity index (χ1v) is 7.47. The number of rotatable bonds is 5. The molecule has 0 aromatic heterocycles. The minimum Gasteiger partial charge on any atom is -0.312 e. The third-order valence-corrected chi connectivity index (χ3v) is 4.53. The lowest BCUT2D eigenvalue weighted by Crippen LogP contribution is -2.36. The number of nitrogens with one attached hydrogen (secondary N) is 2. The van der Waals surface area contributed by atoms with Crippen LogP contribution < -0.4 is 10.0 Å². The lowest BCUT2D eigenvalue weighted by Gasteiger charge is -2.11. The monoisotopic (exact) mass is 254 g/mol. The van der Waals surface area contributed by atoms with E-state index in [4.69, 9.17) is 0 Å². The van der Waals surface area contributed by atoms with Crippen LogP contribution >= 0.6 is 0 Å². The Morgan fingerprint density at radius 3 is 2.35 bits per heavy atom. The third-order valence-electron chi connectivity index (χ3n) is 3.17. The van der Waals surface area contributed by atoms with Crippen LogP contribution in [0.3, 0.4) is 0 Å². The average molecular weight is 254 g/mol. The lowest BCUT2D eigenvalue weighted by atomic mass is 10.1. The van der Waals surface area contributed by atoms with Gasteiger partial charge < -0.3 is 5.32 Å². The summed E-state index contributed by atoms with van der Waals surface area (Å²) in [5.41, 5.74) is 2.75. The fourth-order valence-electron chi connectivity index (χ4n) is 2.20. The standard InChI is InChI=1S/C12H18N2O2S/c1-13-17(15,16)7-6-14-12-8-10-4-2-3-5-11(10)9-12/h2-5,12-14H,6-9H2,1H3. The van der Waals surface area contributed by atoms with Gasteiger partial charge >= 0.3 is 0 Å². The zero-order valence-electron chi connectivity index (χ0n) is 9.94. The predicted molar refractivity (Wildman–Crippen MR) is 68.5 cm³/mol. The van der Waals surface area contributed by atoms with Gasteiger partial charge in [0, 0.05) is 12.6 Å². The molecule has 0 aliphatic heterocycles. The highest BCUT2D eigenvalue weighted by Crippen LogP contribution is 2.21. The molecule has 0 radical (unpaired) electrons. The van der Waals surface area contributed by atoms with Crippen molar-refractivity contribution in [3.8, 4) is 0 Å². The van der Waals surface area contributed by atoms with Gasteiger partial charge in [-0.2, -0.15) is 0 Å². The molecular formula is C12H18N2O2S. The van der Waals surface area contributed by atoms with E-state index in [2.05, 4.69) is 22.2 Å². The second-order valence-corrected chi connectivity index (χ2v) is 6.40. The molecule has 0 saturated carbocycles. The van der Waals surface area contributed by atoms with Crippen LogP contribution in [0.15, 0.2) is 24.3 Å². The van der Waals surface area contributed by atoms with Crippen LogP contribution in [0.1, 0.15) is 11.1 Å². The number of fused-ring (bicyclic) bond motifs is 1. The summed E-state index contributed by atoms with van der Waals surface area (Å²) in [6, 6.07) is 8.75. The van der Waals surface area contributed by atoms with Gasteiger partial charge in [0.25, 0.3) is 0 Å². The minimum atomic E-state index is -3.09. The van der Waals surface area contributed by atoms with E-state index in [1.54, 1.807) is 0 Å². The van der Waals surface area contributed by atoms with Gasteiger partial charge in [-0.1, -0.05) is 24.3 Å². The maximum absolute atomic E-state index is 11.2. The zero-order valence-corrected chi connectivity index (χ0v) is 10.8. The average Bonchev–Trinajstić information content (AvgIpc) is 2.71. The molecule has 0 saturated heterocycles. The molecule has 0 amide bonds. The molecule has 1 aliphatic rings. The SMILES string of the molecule is CNS(=O)(=O)CCNC1Cc2ccccc2C1. The van der Waals surface area contributed by atoms with Gasteiger partial charge in [-0.15, -0.1) is 0 Å². The summed E-state index contributed by atoms with van der Waals surface area (Å²) in [7, 11) is -1.65. The highest BCUT2D eigenvalue weighted by atomic mass is 32.2. The summed E-state index contributed by atoms with van der Waals surface area (Å²) in [6.07, 6.45) is 1.99. The van der Waals surface area contributed by atoms with Crippen molar-refractivity contribution >= 4 is 10.0 Å². The molecule has 17 heavy (non-hydrogen) atoms. The van der Waals surface area contributed by atoms with E-state index < -0.39 is 10.0 Å². The molecule has 1 aliphatic carbocycles. The molecule has 94 valence electrons. The van der Waals surface area contributed by atoms with Gasteiger partial charge in [-0.05, 0) is 31.0 Å². The van der Waals surface area contributed by atoms with Crippen molar-refractivity contribution in [1.82, 2.24) is 10.0 Å². The van der Waals surface area contributed by atoms with E-state index in [9.17, 15) is 8.42 Å². The molecule has 0 fully saturated rings. The second kappa shape index (κ2) is 5.16. The van der Waals surface area contributed by atoms with E-state index >= 15 is 0 Å². The van der Waals surface area contributed by atoms with Crippen molar-refractivity contribution in [2.75, 3.05) is 19.3 Å². The van der Waals surface area contributed by atoms with Crippen molar-refractivity contribution in [2.24, 2.45) is 0 Å². The maximum Gasteiger partial charge on any atom is 0.212 e. The first-order chi connectivity index (χ1) is 8.11. The van der Waals surface area contributed by atoms with Crippen molar-refractivity contribution < 1.29 is 8.42 Å². The first-order valence-electron chi connectivity index (χ1n) is 5.82. The Balaban J connectivity index is 1.81. The molecular weight excluding hydrogens is 236 g/mol. The molecule has 4 nitrogen and oxygen atoms in total. The van der Waals surface area contributed by atoms with Crippen molar-refractivity contribution in [3.63, 3.8) is 0 Å². The molecule has 0 unspecified atom stereocenters. The summed E-state index contributed by atoms with van der Waals surface area (Å²) in [5, 5.41) is 3.30.